The van der Waals surface area contributed by atoms with Crippen LogP contribution in [-0.2, 0) is 4.74 Å². The third-order valence-corrected chi connectivity index (χ3v) is 2.77. The lowest BCUT2D eigenvalue weighted by Crippen LogP contribution is -2.49. The molecule has 100 valence electrons. The summed E-state index contributed by atoms with van der Waals surface area (Å²) >= 11 is 0. The second-order valence-electron chi connectivity index (χ2n) is 5.49. The number of nitrogens with one attached hydrogen (secondary N) is 1. The SMILES string of the molecule is CC(C)(C)OC(=O)N1CCN[C@@H](c2ccoc2)C1. The highest BCUT2D eigenvalue weighted by Gasteiger charge is 2.28. The predicted molar refractivity (Wildman–Crippen MR) is 67.3 cm³/mol. The first-order valence-corrected chi connectivity index (χ1v) is 6.19. The minimum Gasteiger partial charge on any atom is -0.472 e. The standard InChI is InChI=1S/C13H20N2O3/c1-13(2,3)18-12(16)15-6-5-14-11(8-15)10-4-7-17-9-10/h4,7,9,11,14H,5-6,8H2,1-3H3/t11-/m1/s1. The molecule has 2 heterocycles. The molecular weight excluding hydrogens is 232 g/mol. The summed E-state index contributed by atoms with van der Waals surface area (Å²) in [5.41, 5.74) is 0.607. The molecule has 0 aromatic carbocycles. The van der Waals surface area contributed by atoms with E-state index in [4.69, 9.17) is 9.15 Å². The van der Waals surface area contributed by atoms with Crippen molar-refractivity contribution in [2.45, 2.75) is 32.4 Å². The smallest absolute Gasteiger partial charge is 0.410 e. The average molecular weight is 252 g/mol. The molecule has 1 aromatic heterocycles. The van der Waals surface area contributed by atoms with Gasteiger partial charge in [0.15, 0.2) is 0 Å². The molecule has 18 heavy (non-hydrogen) atoms. The Morgan fingerprint density at radius 1 is 1.56 bits per heavy atom. The molecule has 1 N–H and O–H groups in total. The quantitative estimate of drug-likeness (QED) is 0.832. The highest BCUT2D eigenvalue weighted by atomic mass is 16.6. The maximum absolute atomic E-state index is 12.0. The first-order valence-electron chi connectivity index (χ1n) is 6.19. The fraction of sp³-hybridized carbons (Fsp3) is 0.615. The van der Waals surface area contributed by atoms with Crippen LogP contribution in [0, 0.1) is 0 Å². The molecule has 1 saturated heterocycles. The average Bonchev–Trinajstić information content (AvgIpc) is 2.80. The van der Waals surface area contributed by atoms with Crippen LogP contribution in [0.25, 0.3) is 0 Å². The van der Waals surface area contributed by atoms with E-state index < -0.39 is 5.60 Å². The number of hydrogen-bond acceptors (Lipinski definition) is 4. The Kier molecular flexibility index (Phi) is 3.61. The molecule has 1 aromatic rings. The van der Waals surface area contributed by atoms with Crippen molar-refractivity contribution in [3.63, 3.8) is 0 Å². The Morgan fingerprint density at radius 2 is 2.33 bits per heavy atom. The molecule has 1 atom stereocenters. The van der Waals surface area contributed by atoms with Crippen LogP contribution in [0.1, 0.15) is 32.4 Å². The summed E-state index contributed by atoms with van der Waals surface area (Å²) in [4.78, 5) is 13.7. The Morgan fingerprint density at radius 3 is 2.94 bits per heavy atom. The van der Waals surface area contributed by atoms with Crippen LogP contribution >= 0.6 is 0 Å². The zero-order chi connectivity index (χ0) is 13.2. The summed E-state index contributed by atoms with van der Waals surface area (Å²) in [5, 5.41) is 3.36. The number of hydrogen-bond donors (Lipinski definition) is 1. The molecule has 5 heteroatoms. The van der Waals surface area contributed by atoms with Gasteiger partial charge in [0.1, 0.15) is 5.60 Å². The van der Waals surface area contributed by atoms with E-state index in [1.54, 1.807) is 17.4 Å². The number of piperazine rings is 1. The van der Waals surface area contributed by atoms with E-state index in [9.17, 15) is 4.79 Å². The molecule has 0 spiro atoms. The minimum atomic E-state index is -0.451. The van der Waals surface area contributed by atoms with Gasteiger partial charge >= 0.3 is 6.09 Å². The van der Waals surface area contributed by atoms with Crippen molar-refractivity contribution < 1.29 is 13.9 Å². The Hall–Kier alpha value is -1.49. The van der Waals surface area contributed by atoms with Gasteiger partial charge in [-0.25, -0.2) is 4.79 Å². The van der Waals surface area contributed by atoms with E-state index in [0.29, 0.717) is 13.1 Å². The molecule has 1 amide bonds. The van der Waals surface area contributed by atoms with E-state index in [1.165, 1.54) is 0 Å². The zero-order valence-electron chi connectivity index (χ0n) is 11.1. The number of carbonyl (C=O) groups excluding carboxylic acids is 1. The number of amides is 1. The number of furan rings is 1. The molecule has 2 rings (SSSR count). The van der Waals surface area contributed by atoms with Gasteiger partial charge in [0.05, 0.1) is 18.6 Å². The molecule has 0 aliphatic carbocycles. The molecule has 5 nitrogen and oxygen atoms in total. The summed E-state index contributed by atoms with van der Waals surface area (Å²) in [6.45, 7) is 7.66. The van der Waals surface area contributed by atoms with Crippen molar-refractivity contribution in [3.05, 3.63) is 24.2 Å². The van der Waals surface area contributed by atoms with Crippen LogP contribution in [0.4, 0.5) is 4.79 Å². The lowest BCUT2D eigenvalue weighted by molar-refractivity contribution is 0.0195. The lowest BCUT2D eigenvalue weighted by Gasteiger charge is -2.34. The third kappa shape index (κ3) is 3.26. The van der Waals surface area contributed by atoms with Crippen LogP contribution in [0.3, 0.4) is 0 Å². The fourth-order valence-electron chi connectivity index (χ4n) is 1.94. The van der Waals surface area contributed by atoms with Crippen molar-refractivity contribution in [2.75, 3.05) is 19.6 Å². The molecule has 0 radical (unpaired) electrons. The van der Waals surface area contributed by atoms with Gasteiger partial charge in [0.25, 0.3) is 0 Å². The van der Waals surface area contributed by atoms with Gasteiger partial charge in [-0.1, -0.05) is 0 Å². The summed E-state index contributed by atoms with van der Waals surface area (Å²) in [5.74, 6) is 0. The van der Waals surface area contributed by atoms with Crippen molar-refractivity contribution >= 4 is 6.09 Å². The highest BCUT2D eigenvalue weighted by molar-refractivity contribution is 5.68. The zero-order valence-corrected chi connectivity index (χ0v) is 11.1. The number of nitrogens with zero attached hydrogens (tertiary/aromatic N) is 1. The Bertz CT molecular complexity index is 395. The minimum absolute atomic E-state index is 0.116. The van der Waals surface area contributed by atoms with Crippen molar-refractivity contribution in [1.29, 1.82) is 0 Å². The molecule has 1 aliphatic rings. The summed E-state index contributed by atoms with van der Waals surface area (Å²) < 4.78 is 10.4. The van der Waals surface area contributed by atoms with E-state index in [2.05, 4.69) is 5.32 Å². The first kappa shape index (κ1) is 13.0. The van der Waals surface area contributed by atoms with Crippen LogP contribution < -0.4 is 5.32 Å². The Labute approximate surface area is 107 Å². The highest BCUT2D eigenvalue weighted by Crippen LogP contribution is 2.19. The number of rotatable bonds is 1. The third-order valence-electron chi connectivity index (χ3n) is 2.77. The molecule has 1 aliphatic heterocycles. The van der Waals surface area contributed by atoms with E-state index in [1.807, 2.05) is 26.8 Å². The largest absolute Gasteiger partial charge is 0.472 e. The maximum atomic E-state index is 12.0. The lowest BCUT2D eigenvalue weighted by atomic mass is 10.1. The molecule has 0 unspecified atom stereocenters. The topological polar surface area (TPSA) is 54.7 Å². The van der Waals surface area contributed by atoms with E-state index >= 15 is 0 Å². The van der Waals surface area contributed by atoms with Gasteiger partial charge in [-0.2, -0.15) is 0 Å². The normalized spacial score (nSPS) is 20.8. The van der Waals surface area contributed by atoms with Crippen molar-refractivity contribution in [2.24, 2.45) is 0 Å². The van der Waals surface area contributed by atoms with Gasteiger partial charge < -0.3 is 19.4 Å². The van der Waals surface area contributed by atoms with Crippen LogP contribution in [0.15, 0.2) is 23.0 Å². The van der Waals surface area contributed by atoms with Crippen LogP contribution in [0.5, 0.6) is 0 Å². The molecule has 0 saturated carbocycles. The summed E-state index contributed by atoms with van der Waals surface area (Å²) in [6, 6.07) is 2.03. The molecular formula is C13H20N2O3. The summed E-state index contributed by atoms with van der Waals surface area (Å²) in [6.07, 6.45) is 3.09. The van der Waals surface area contributed by atoms with Crippen molar-refractivity contribution in [1.82, 2.24) is 10.2 Å². The van der Waals surface area contributed by atoms with E-state index in [0.717, 1.165) is 12.1 Å². The van der Waals surface area contributed by atoms with Gasteiger partial charge in [-0.15, -0.1) is 0 Å². The molecule has 0 bridgehead atoms. The monoisotopic (exact) mass is 252 g/mol. The number of ether oxygens (including phenoxy) is 1. The van der Waals surface area contributed by atoms with Crippen LogP contribution in [-0.4, -0.2) is 36.2 Å². The first-order chi connectivity index (χ1) is 8.46. The van der Waals surface area contributed by atoms with Gasteiger partial charge in [0, 0.05) is 25.2 Å². The Balaban J connectivity index is 1.96. The number of carbonyl (C=O) groups is 1. The van der Waals surface area contributed by atoms with Gasteiger partial charge in [-0.3, -0.25) is 0 Å². The van der Waals surface area contributed by atoms with Gasteiger partial charge in [-0.05, 0) is 26.8 Å². The van der Waals surface area contributed by atoms with Crippen molar-refractivity contribution in [3.8, 4) is 0 Å². The van der Waals surface area contributed by atoms with Gasteiger partial charge in [0.2, 0.25) is 0 Å². The second-order valence-corrected chi connectivity index (χ2v) is 5.49. The summed E-state index contributed by atoms with van der Waals surface area (Å²) in [7, 11) is 0. The predicted octanol–water partition coefficient (Wildman–Crippen LogP) is 2.16. The molecule has 1 fully saturated rings. The second kappa shape index (κ2) is 5.02. The van der Waals surface area contributed by atoms with Crippen LogP contribution in [0.2, 0.25) is 0 Å². The fourth-order valence-corrected chi connectivity index (χ4v) is 1.94. The maximum Gasteiger partial charge on any atom is 0.410 e. The van der Waals surface area contributed by atoms with E-state index in [-0.39, 0.29) is 12.1 Å².